The van der Waals surface area contributed by atoms with Crippen molar-refractivity contribution in [2.24, 2.45) is 7.05 Å². The van der Waals surface area contributed by atoms with Crippen LogP contribution in [-0.4, -0.2) is 23.6 Å². The van der Waals surface area contributed by atoms with Crippen molar-refractivity contribution >= 4 is 5.91 Å². The van der Waals surface area contributed by atoms with Gasteiger partial charge in [0.2, 0.25) is 0 Å². The van der Waals surface area contributed by atoms with Crippen molar-refractivity contribution in [2.45, 2.75) is 0 Å². The molecular weight excluding hydrogens is 273 g/mol. The second kappa shape index (κ2) is 6.57. The van der Waals surface area contributed by atoms with Gasteiger partial charge in [-0.25, -0.2) is 4.39 Å². The number of carbonyl (C=O) groups is 1. The normalized spacial score (nSPS) is 9.95. The van der Waals surface area contributed by atoms with E-state index in [1.54, 1.807) is 29.9 Å². The number of nitrogens with zero attached hydrogens (tertiary/aromatic N) is 2. The summed E-state index contributed by atoms with van der Waals surface area (Å²) in [6.45, 7) is 0.507. The molecule has 1 aromatic heterocycles. The van der Waals surface area contributed by atoms with E-state index >= 15 is 0 Å². The molecule has 0 fully saturated rings. The molecule has 0 aliphatic rings. The number of halogens is 1. The third-order valence-electron chi connectivity index (χ3n) is 2.82. The van der Waals surface area contributed by atoms with Crippen molar-refractivity contribution in [2.75, 3.05) is 13.2 Å². The van der Waals surface area contributed by atoms with Gasteiger partial charge in [-0.05, 0) is 18.2 Å². The molecule has 0 unspecified atom stereocenters. The fraction of sp³-hybridized carbons (Fsp3) is 0.200. The van der Waals surface area contributed by atoms with Crippen molar-refractivity contribution in [3.8, 4) is 11.8 Å². The lowest BCUT2D eigenvalue weighted by Gasteiger charge is -2.08. The van der Waals surface area contributed by atoms with Crippen LogP contribution in [-0.2, 0) is 7.05 Å². The maximum atomic E-state index is 12.9. The number of ether oxygens (including phenoxy) is 1. The van der Waals surface area contributed by atoms with E-state index in [9.17, 15) is 9.18 Å². The van der Waals surface area contributed by atoms with Gasteiger partial charge in [0.1, 0.15) is 29.9 Å². The smallest absolute Gasteiger partial charge is 0.268 e. The highest BCUT2D eigenvalue weighted by molar-refractivity contribution is 5.93. The monoisotopic (exact) mass is 287 g/mol. The third-order valence-corrected chi connectivity index (χ3v) is 2.82. The highest BCUT2D eigenvalue weighted by atomic mass is 19.1. The van der Waals surface area contributed by atoms with Crippen molar-refractivity contribution in [1.82, 2.24) is 9.88 Å². The first-order valence-electron chi connectivity index (χ1n) is 6.33. The molecule has 0 spiro atoms. The molecule has 0 atom stereocenters. The molecule has 0 bridgehead atoms. The molecule has 21 heavy (non-hydrogen) atoms. The largest absolute Gasteiger partial charge is 0.492 e. The summed E-state index contributed by atoms with van der Waals surface area (Å²) in [7, 11) is 1.69. The van der Waals surface area contributed by atoms with Crippen molar-refractivity contribution < 1.29 is 13.9 Å². The van der Waals surface area contributed by atoms with Gasteiger partial charge in [0.15, 0.2) is 0 Å². The molecule has 0 aliphatic carbocycles. The third kappa shape index (κ3) is 3.83. The molecular formula is C15H14FN3O2. The highest BCUT2D eigenvalue weighted by Crippen LogP contribution is 2.11. The molecule has 1 N–H and O–H groups in total. The average molecular weight is 287 g/mol. The Morgan fingerprint density at radius 1 is 1.48 bits per heavy atom. The molecule has 0 saturated heterocycles. The van der Waals surface area contributed by atoms with E-state index in [1.165, 1.54) is 18.2 Å². The summed E-state index contributed by atoms with van der Waals surface area (Å²) in [5.41, 5.74) is 0.830. The van der Waals surface area contributed by atoms with Crippen molar-refractivity contribution in [1.29, 1.82) is 5.26 Å². The van der Waals surface area contributed by atoms with Gasteiger partial charge in [-0.2, -0.15) is 5.26 Å². The SMILES string of the molecule is Cn1cc(C#N)cc1C(=O)NCCOc1cccc(F)c1. The molecule has 108 valence electrons. The maximum Gasteiger partial charge on any atom is 0.268 e. The second-order valence-corrected chi connectivity index (χ2v) is 4.40. The predicted octanol–water partition coefficient (Wildman–Crippen LogP) is 1.84. The Balaban J connectivity index is 1.82. The number of carbonyl (C=O) groups excluding carboxylic acids is 1. The van der Waals surface area contributed by atoms with E-state index in [0.29, 0.717) is 17.0 Å². The van der Waals surface area contributed by atoms with Crippen LogP contribution in [0.15, 0.2) is 36.5 Å². The molecule has 5 nitrogen and oxygen atoms in total. The van der Waals surface area contributed by atoms with Gasteiger partial charge in [0, 0.05) is 19.3 Å². The number of benzene rings is 1. The Hall–Kier alpha value is -2.81. The van der Waals surface area contributed by atoms with Crippen molar-refractivity contribution in [3.05, 3.63) is 53.6 Å². The van der Waals surface area contributed by atoms with Crippen LogP contribution in [0.3, 0.4) is 0 Å². The lowest BCUT2D eigenvalue weighted by Crippen LogP contribution is -2.29. The molecule has 6 heteroatoms. The number of nitriles is 1. The molecule has 2 aromatic rings. The quantitative estimate of drug-likeness (QED) is 0.853. The summed E-state index contributed by atoms with van der Waals surface area (Å²) in [5.74, 6) is -0.249. The van der Waals surface area contributed by atoms with Crippen LogP contribution in [0.2, 0.25) is 0 Å². The Morgan fingerprint density at radius 2 is 2.29 bits per heavy atom. The summed E-state index contributed by atoms with van der Waals surface area (Å²) < 4.78 is 19.8. The zero-order valence-corrected chi connectivity index (χ0v) is 11.5. The fourth-order valence-corrected chi connectivity index (χ4v) is 1.83. The topological polar surface area (TPSA) is 67.0 Å². The molecule has 0 saturated carbocycles. The van der Waals surface area contributed by atoms with E-state index in [2.05, 4.69) is 5.32 Å². The van der Waals surface area contributed by atoms with Gasteiger partial charge < -0.3 is 14.6 Å². The molecule has 1 amide bonds. The molecule has 1 heterocycles. The predicted molar refractivity (Wildman–Crippen MR) is 74.4 cm³/mol. The van der Waals surface area contributed by atoms with Crippen LogP contribution in [0.5, 0.6) is 5.75 Å². The summed E-state index contributed by atoms with van der Waals surface area (Å²) in [4.78, 5) is 11.9. The van der Waals surface area contributed by atoms with Crippen LogP contribution >= 0.6 is 0 Å². The summed E-state index contributed by atoms with van der Waals surface area (Å²) >= 11 is 0. The minimum Gasteiger partial charge on any atom is -0.492 e. The van der Waals surface area contributed by atoms with Crippen LogP contribution in [0.1, 0.15) is 16.1 Å². The molecule has 1 aromatic carbocycles. The van der Waals surface area contributed by atoms with Gasteiger partial charge in [0.05, 0.1) is 12.1 Å². The first-order valence-corrected chi connectivity index (χ1v) is 6.33. The summed E-state index contributed by atoms with van der Waals surface area (Å²) in [6.07, 6.45) is 1.58. The standard InChI is InChI=1S/C15H14FN3O2/c1-19-10-11(9-17)7-14(19)15(20)18-5-6-21-13-4-2-3-12(16)8-13/h2-4,7-8,10H,5-6H2,1H3,(H,18,20). The minimum atomic E-state index is -0.371. The minimum absolute atomic E-state index is 0.227. The van der Waals surface area contributed by atoms with Crippen molar-refractivity contribution in [3.63, 3.8) is 0 Å². The number of rotatable bonds is 5. The first-order chi connectivity index (χ1) is 10.1. The number of aryl methyl sites for hydroxylation is 1. The zero-order valence-electron chi connectivity index (χ0n) is 11.5. The van der Waals surface area contributed by atoms with E-state index in [1.807, 2.05) is 6.07 Å². The zero-order chi connectivity index (χ0) is 15.2. The van der Waals surface area contributed by atoms with Crippen LogP contribution in [0.4, 0.5) is 4.39 Å². The van der Waals surface area contributed by atoms with Crippen LogP contribution in [0, 0.1) is 17.1 Å². The maximum absolute atomic E-state index is 12.9. The van der Waals surface area contributed by atoms with Gasteiger partial charge >= 0.3 is 0 Å². The number of hydrogen-bond acceptors (Lipinski definition) is 3. The molecule has 0 aliphatic heterocycles. The summed E-state index contributed by atoms with van der Waals surface area (Å²) in [6, 6.07) is 9.29. The Morgan fingerprint density at radius 3 is 2.95 bits per heavy atom. The molecule has 2 rings (SSSR count). The number of nitrogens with one attached hydrogen (secondary N) is 1. The van der Waals surface area contributed by atoms with Gasteiger partial charge in [-0.3, -0.25) is 4.79 Å². The van der Waals surface area contributed by atoms with E-state index in [4.69, 9.17) is 10.00 Å². The first kappa shape index (κ1) is 14.6. The van der Waals surface area contributed by atoms with E-state index in [0.717, 1.165) is 0 Å². The number of amides is 1. The van der Waals surface area contributed by atoms with E-state index in [-0.39, 0.29) is 24.9 Å². The lowest BCUT2D eigenvalue weighted by molar-refractivity contribution is 0.0939. The summed E-state index contributed by atoms with van der Waals surface area (Å²) in [5, 5.41) is 11.4. The molecule has 0 radical (unpaired) electrons. The van der Waals surface area contributed by atoms with Gasteiger partial charge in [-0.15, -0.1) is 0 Å². The number of hydrogen-bond donors (Lipinski definition) is 1. The number of aromatic nitrogens is 1. The van der Waals surface area contributed by atoms with E-state index < -0.39 is 0 Å². The fourth-order valence-electron chi connectivity index (χ4n) is 1.83. The van der Waals surface area contributed by atoms with Gasteiger partial charge in [0.25, 0.3) is 5.91 Å². The second-order valence-electron chi connectivity index (χ2n) is 4.40. The highest BCUT2D eigenvalue weighted by Gasteiger charge is 2.11. The Kier molecular flexibility index (Phi) is 4.57. The lowest BCUT2D eigenvalue weighted by atomic mass is 10.3. The van der Waals surface area contributed by atoms with Crippen LogP contribution in [0.25, 0.3) is 0 Å². The Bertz CT molecular complexity index is 688. The van der Waals surface area contributed by atoms with Gasteiger partial charge in [-0.1, -0.05) is 6.07 Å². The van der Waals surface area contributed by atoms with Crippen LogP contribution < -0.4 is 10.1 Å². The Labute approximate surface area is 121 Å². The average Bonchev–Trinajstić information content (AvgIpc) is 2.85.